The topological polar surface area (TPSA) is 58.6 Å². The molecule has 0 aliphatic carbocycles. The molecule has 0 unspecified atom stereocenters. The fraction of sp³-hybridized carbons (Fsp3) is 0.375. The summed E-state index contributed by atoms with van der Waals surface area (Å²) in [6, 6.07) is 24.2. The summed E-state index contributed by atoms with van der Waals surface area (Å²) < 4.78 is 5.91. The van der Waals surface area contributed by atoms with Gasteiger partial charge in [0, 0.05) is 24.0 Å². The van der Waals surface area contributed by atoms with Crippen LogP contribution < -0.4 is 10.1 Å². The van der Waals surface area contributed by atoms with Crippen LogP contribution in [0.5, 0.6) is 5.75 Å². The molecule has 0 aliphatic heterocycles. The number of benzene rings is 3. The lowest BCUT2D eigenvalue weighted by Gasteiger charge is -2.32. The van der Waals surface area contributed by atoms with E-state index < -0.39 is 6.04 Å². The summed E-state index contributed by atoms with van der Waals surface area (Å²) in [6.45, 7) is 10.4. The quantitative estimate of drug-likeness (QED) is 0.302. The van der Waals surface area contributed by atoms with E-state index in [-0.39, 0.29) is 36.4 Å². The van der Waals surface area contributed by atoms with Gasteiger partial charge in [-0.2, -0.15) is 0 Å². The van der Waals surface area contributed by atoms with E-state index in [2.05, 4.69) is 26.1 Å². The van der Waals surface area contributed by atoms with E-state index >= 15 is 0 Å². The van der Waals surface area contributed by atoms with Gasteiger partial charge >= 0.3 is 0 Å². The molecule has 0 aliphatic rings. The molecule has 0 radical (unpaired) electrons. The van der Waals surface area contributed by atoms with Gasteiger partial charge in [-0.15, -0.1) is 0 Å². The first-order chi connectivity index (χ1) is 18.1. The van der Waals surface area contributed by atoms with Crippen LogP contribution in [-0.4, -0.2) is 35.4 Å². The second-order valence-electron chi connectivity index (χ2n) is 10.7. The molecule has 5 nitrogen and oxygen atoms in total. The molecule has 2 amide bonds. The molecule has 0 fully saturated rings. The Morgan fingerprint density at radius 1 is 0.947 bits per heavy atom. The minimum atomic E-state index is -0.734. The zero-order chi connectivity index (χ0) is 27.7. The highest BCUT2D eigenvalue weighted by atomic mass is 35.5. The number of amides is 2. The molecule has 0 saturated carbocycles. The molecule has 1 N–H and O–H groups in total. The summed E-state index contributed by atoms with van der Waals surface area (Å²) in [5, 5.41) is 3.62. The van der Waals surface area contributed by atoms with Gasteiger partial charge in [0.15, 0.2) is 6.61 Å². The molecule has 0 bridgehead atoms. The van der Waals surface area contributed by atoms with E-state index in [0.717, 1.165) is 17.5 Å². The second kappa shape index (κ2) is 13.5. The molecule has 0 saturated heterocycles. The summed E-state index contributed by atoms with van der Waals surface area (Å²) in [4.78, 5) is 28.9. The van der Waals surface area contributed by atoms with Crippen LogP contribution in [0.4, 0.5) is 0 Å². The molecular formula is C32H39ClN2O3. The Balaban J connectivity index is 1.90. The smallest absolute Gasteiger partial charge is 0.261 e. The highest BCUT2D eigenvalue weighted by molar-refractivity contribution is 6.31. The van der Waals surface area contributed by atoms with Gasteiger partial charge < -0.3 is 15.0 Å². The second-order valence-corrected chi connectivity index (χ2v) is 11.1. The molecule has 3 rings (SSSR count). The van der Waals surface area contributed by atoms with Gasteiger partial charge in [0.25, 0.3) is 5.91 Å². The number of hydrogen-bond acceptors (Lipinski definition) is 3. The zero-order valence-corrected chi connectivity index (χ0v) is 23.8. The highest BCUT2D eigenvalue weighted by Crippen LogP contribution is 2.25. The number of nitrogens with one attached hydrogen (secondary N) is 1. The van der Waals surface area contributed by atoms with Gasteiger partial charge in [-0.1, -0.05) is 100.0 Å². The van der Waals surface area contributed by atoms with Crippen molar-refractivity contribution < 1.29 is 14.3 Å². The van der Waals surface area contributed by atoms with Crippen LogP contribution in [0.2, 0.25) is 5.02 Å². The summed E-state index contributed by atoms with van der Waals surface area (Å²) in [6.07, 6.45) is 1.16. The van der Waals surface area contributed by atoms with Crippen molar-refractivity contribution in [1.82, 2.24) is 10.2 Å². The van der Waals surface area contributed by atoms with Crippen molar-refractivity contribution in [3.8, 4) is 5.75 Å². The van der Waals surface area contributed by atoms with Gasteiger partial charge in [-0.3, -0.25) is 9.59 Å². The van der Waals surface area contributed by atoms with Crippen molar-refractivity contribution in [3.05, 3.63) is 101 Å². The fourth-order valence-electron chi connectivity index (χ4n) is 4.08. The van der Waals surface area contributed by atoms with Crippen LogP contribution in [-0.2, 0) is 28.0 Å². The maximum Gasteiger partial charge on any atom is 0.261 e. The number of nitrogens with zero attached hydrogens (tertiary/aromatic N) is 1. The summed E-state index contributed by atoms with van der Waals surface area (Å²) >= 11 is 6.48. The Kier molecular flexibility index (Phi) is 10.4. The standard InChI is InChI=1S/C32H39ClN2O3/c1-6-23(2)34-31(37)29(20-24-12-8-7-9-13-24)35(21-25-14-10-11-15-28(25)33)30(36)22-38-27-18-16-26(17-19-27)32(3,4)5/h7-19,23,29H,6,20-22H2,1-5H3,(H,34,37)/t23-,29-/m0/s1. The zero-order valence-electron chi connectivity index (χ0n) is 23.0. The molecule has 38 heavy (non-hydrogen) atoms. The predicted molar refractivity (Wildman–Crippen MR) is 154 cm³/mol. The van der Waals surface area contributed by atoms with Crippen LogP contribution in [0.25, 0.3) is 0 Å². The Bertz CT molecular complexity index is 1190. The molecular weight excluding hydrogens is 496 g/mol. The summed E-state index contributed by atoms with van der Waals surface area (Å²) in [7, 11) is 0. The molecule has 2 atom stereocenters. The number of ether oxygens (including phenoxy) is 1. The van der Waals surface area contributed by atoms with Gasteiger partial charge in [0.1, 0.15) is 11.8 Å². The van der Waals surface area contributed by atoms with Gasteiger partial charge in [0.2, 0.25) is 5.91 Å². The fourth-order valence-corrected chi connectivity index (χ4v) is 4.28. The van der Waals surface area contributed by atoms with Crippen molar-refractivity contribution in [3.63, 3.8) is 0 Å². The van der Waals surface area contributed by atoms with Crippen LogP contribution in [0.1, 0.15) is 57.7 Å². The Hall–Kier alpha value is -3.31. The van der Waals surface area contributed by atoms with Crippen LogP contribution in [0, 0.1) is 0 Å². The number of carbonyl (C=O) groups is 2. The van der Waals surface area contributed by atoms with Crippen molar-refractivity contribution in [2.24, 2.45) is 0 Å². The lowest BCUT2D eigenvalue weighted by Crippen LogP contribution is -2.53. The average molecular weight is 535 g/mol. The van der Waals surface area contributed by atoms with Crippen molar-refractivity contribution in [1.29, 1.82) is 0 Å². The Morgan fingerprint density at radius 3 is 2.18 bits per heavy atom. The van der Waals surface area contributed by atoms with Crippen molar-refractivity contribution >= 4 is 23.4 Å². The first-order valence-corrected chi connectivity index (χ1v) is 13.6. The summed E-state index contributed by atoms with van der Waals surface area (Å²) in [5.41, 5.74) is 2.94. The third-order valence-electron chi connectivity index (χ3n) is 6.65. The largest absolute Gasteiger partial charge is 0.484 e. The molecule has 0 spiro atoms. The Morgan fingerprint density at radius 2 is 1.58 bits per heavy atom. The molecule has 202 valence electrons. The minimum Gasteiger partial charge on any atom is -0.484 e. The van der Waals surface area contributed by atoms with E-state index in [0.29, 0.717) is 17.2 Å². The van der Waals surface area contributed by atoms with E-state index in [9.17, 15) is 9.59 Å². The van der Waals surface area contributed by atoms with Crippen molar-refractivity contribution in [2.75, 3.05) is 6.61 Å². The molecule has 3 aromatic carbocycles. The number of rotatable bonds is 11. The minimum absolute atomic E-state index is 0.0179. The lowest BCUT2D eigenvalue weighted by molar-refractivity contribution is -0.143. The van der Waals surface area contributed by atoms with E-state index in [1.165, 1.54) is 5.56 Å². The first-order valence-electron chi connectivity index (χ1n) is 13.2. The van der Waals surface area contributed by atoms with Crippen molar-refractivity contribution in [2.45, 2.75) is 71.5 Å². The third-order valence-corrected chi connectivity index (χ3v) is 7.02. The normalized spacial score (nSPS) is 12.9. The number of hydrogen-bond donors (Lipinski definition) is 1. The van der Waals surface area contributed by atoms with Gasteiger partial charge in [-0.05, 0) is 53.6 Å². The van der Waals surface area contributed by atoms with Gasteiger partial charge in [-0.25, -0.2) is 0 Å². The monoisotopic (exact) mass is 534 g/mol. The third kappa shape index (κ3) is 8.35. The van der Waals surface area contributed by atoms with E-state index in [1.54, 1.807) is 11.0 Å². The van der Waals surface area contributed by atoms with Crippen LogP contribution in [0.15, 0.2) is 78.9 Å². The first kappa shape index (κ1) is 29.2. The van der Waals surface area contributed by atoms with E-state index in [4.69, 9.17) is 16.3 Å². The molecule has 0 heterocycles. The maximum atomic E-state index is 13.7. The number of carbonyl (C=O) groups excluding carboxylic acids is 2. The lowest BCUT2D eigenvalue weighted by atomic mass is 9.87. The van der Waals surface area contributed by atoms with Crippen LogP contribution in [0.3, 0.4) is 0 Å². The molecule has 0 aromatic heterocycles. The molecule has 6 heteroatoms. The number of halogens is 1. The van der Waals surface area contributed by atoms with E-state index in [1.807, 2.05) is 86.6 Å². The van der Waals surface area contributed by atoms with Crippen LogP contribution >= 0.6 is 11.6 Å². The maximum absolute atomic E-state index is 13.7. The average Bonchev–Trinajstić information content (AvgIpc) is 2.90. The SMILES string of the molecule is CC[C@H](C)NC(=O)[C@H](Cc1ccccc1)N(Cc1ccccc1Cl)C(=O)COc1ccc(C(C)(C)C)cc1. The predicted octanol–water partition coefficient (Wildman–Crippen LogP) is 6.57. The Labute approximate surface area is 232 Å². The summed E-state index contributed by atoms with van der Waals surface area (Å²) in [5.74, 6) is 0.121. The van der Waals surface area contributed by atoms with Gasteiger partial charge in [0.05, 0.1) is 0 Å². The highest BCUT2D eigenvalue weighted by Gasteiger charge is 2.31. The molecule has 3 aromatic rings.